The van der Waals surface area contributed by atoms with Crippen LogP contribution >= 0.6 is 11.8 Å². The van der Waals surface area contributed by atoms with Crippen molar-refractivity contribution in [2.24, 2.45) is 5.92 Å². The maximum atomic E-state index is 14.4. The van der Waals surface area contributed by atoms with Crippen molar-refractivity contribution in [3.63, 3.8) is 0 Å². The Bertz CT molecular complexity index is 1220. The molecule has 172 valence electrons. The van der Waals surface area contributed by atoms with Gasteiger partial charge in [0.05, 0.1) is 16.9 Å². The minimum atomic E-state index is -0.0846. The van der Waals surface area contributed by atoms with E-state index in [9.17, 15) is 4.79 Å². The second-order valence-corrected chi connectivity index (χ2v) is 11.4. The molecule has 2 aliphatic carbocycles. The van der Waals surface area contributed by atoms with Gasteiger partial charge in [0.15, 0.2) is 5.16 Å². The summed E-state index contributed by atoms with van der Waals surface area (Å²) in [4.78, 5) is 19.7. The summed E-state index contributed by atoms with van der Waals surface area (Å²) in [6.45, 7) is 6.58. The van der Waals surface area contributed by atoms with Crippen molar-refractivity contribution in [3.05, 3.63) is 75.6 Å². The molecule has 1 saturated carbocycles. The number of benzene rings is 2. The summed E-state index contributed by atoms with van der Waals surface area (Å²) in [5, 5.41) is 0.827. The van der Waals surface area contributed by atoms with Crippen molar-refractivity contribution in [2.75, 3.05) is 5.75 Å². The van der Waals surface area contributed by atoms with Gasteiger partial charge in [-0.2, -0.15) is 0 Å². The number of aromatic nitrogens is 2. The van der Waals surface area contributed by atoms with E-state index >= 15 is 0 Å². The van der Waals surface area contributed by atoms with E-state index in [1.54, 1.807) is 11.8 Å². The standard InChI is InChI=1S/C29H34N2OS/c1-20(2)14-17-33-28-30-26-24-13-6-5-11-22(24)19-29(15-7-4-8-16-29)25(26)27(32)31(28)23-12-9-10-21(3)18-23/h5-6,9-13,18,20H,4,7-8,14-17,19H2,1-3H3. The summed E-state index contributed by atoms with van der Waals surface area (Å²) in [6, 6.07) is 16.9. The van der Waals surface area contributed by atoms with Crippen molar-refractivity contribution < 1.29 is 0 Å². The smallest absolute Gasteiger partial charge is 0.263 e. The fourth-order valence-electron chi connectivity index (χ4n) is 5.67. The predicted molar refractivity (Wildman–Crippen MR) is 139 cm³/mol. The molecule has 0 saturated heterocycles. The molecule has 2 aliphatic rings. The van der Waals surface area contributed by atoms with Gasteiger partial charge in [0, 0.05) is 16.7 Å². The molecule has 1 spiro atoms. The van der Waals surface area contributed by atoms with Crippen molar-refractivity contribution in [1.82, 2.24) is 9.55 Å². The molecule has 0 radical (unpaired) electrons. The van der Waals surface area contributed by atoms with Crippen LogP contribution in [0.3, 0.4) is 0 Å². The molecule has 0 aliphatic heterocycles. The summed E-state index contributed by atoms with van der Waals surface area (Å²) < 4.78 is 1.92. The average molecular weight is 459 g/mol. The molecule has 33 heavy (non-hydrogen) atoms. The quantitative estimate of drug-likeness (QED) is 0.302. The molecule has 2 aromatic carbocycles. The molecule has 3 aromatic rings. The van der Waals surface area contributed by atoms with E-state index in [4.69, 9.17) is 4.98 Å². The number of aryl methyl sites for hydroxylation is 1. The monoisotopic (exact) mass is 458 g/mol. The Labute approximate surface area is 201 Å². The van der Waals surface area contributed by atoms with Crippen molar-refractivity contribution in [3.8, 4) is 16.9 Å². The molecular formula is C29H34N2OS. The first-order valence-electron chi connectivity index (χ1n) is 12.4. The van der Waals surface area contributed by atoms with Gasteiger partial charge in [-0.05, 0) is 61.8 Å². The van der Waals surface area contributed by atoms with E-state index in [2.05, 4.69) is 63.2 Å². The summed E-state index contributed by atoms with van der Waals surface area (Å²) in [6.07, 6.45) is 7.87. The fourth-order valence-corrected chi connectivity index (χ4v) is 6.91. The zero-order chi connectivity index (χ0) is 23.0. The van der Waals surface area contributed by atoms with Gasteiger partial charge < -0.3 is 0 Å². The van der Waals surface area contributed by atoms with Crippen LogP contribution in [0.4, 0.5) is 0 Å². The number of thioether (sulfide) groups is 1. The van der Waals surface area contributed by atoms with Gasteiger partial charge in [0.1, 0.15) is 0 Å². The molecule has 0 amide bonds. The third-order valence-electron chi connectivity index (χ3n) is 7.38. The van der Waals surface area contributed by atoms with E-state index < -0.39 is 0 Å². The Hall–Kier alpha value is -2.33. The molecule has 0 unspecified atom stereocenters. The molecular weight excluding hydrogens is 424 g/mol. The molecule has 1 heterocycles. The Morgan fingerprint density at radius 3 is 2.61 bits per heavy atom. The normalized spacial score (nSPS) is 16.6. The Morgan fingerprint density at radius 2 is 1.85 bits per heavy atom. The topological polar surface area (TPSA) is 34.9 Å². The van der Waals surface area contributed by atoms with Crippen LogP contribution in [0.25, 0.3) is 16.9 Å². The van der Waals surface area contributed by atoms with Gasteiger partial charge in [0.2, 0.25) is 0 Å². The van der Waals surface area contributed by atoms with Crippen LogP contribution in [-0.2, 0) is 11.8 Å². The van der Waals surface area contributed by atoms with Gasteiger partial charge >= 0.3 is 0 Å². The SMILES string of the molecule is Cc1cccc(-n2c(SCCC(C)C)nc3c(c2=O)C2(CCCCC2)Cc2ccccc2-3)c1. The highest BCUT2D eigenvalue weighted by Crippen LogP contribution is 2.49. The zero-order valence-electron chi connectivity index (χ0n) is 20.1. The van der Waals surface area contributed by atoms with E-state index in [1.165, 1.54) is 24.8 Å². The van der Waals surface area contributed by atoms with Gasteiger partial charge in [-0.15, -0.1) is 0 Å². The lowest BCUT2D eigenvalue weighted by Gasteiger charge is -2.42. The van der Waals surface area contributed by atoms with Gasteiger partial charge in [-0.25, -0.2) is 4.98 Å². The molecule has 4 heteroatoms. The van der Waals surface area contributed by atoms with Crippen LogP contribution in [0.2, 0.25) is 0 Å². The number of hydrogen-bond donors (Lipinski definition) is 0. The van der Waals surface area contributed by atoms with E-state index in [-0.39, 0.29) is 11.0 Å². The summed E-state index contributed by atoms with van der Waals surface area (Å²) in [5.41, 5.74) is 6.58. The largest absolute Gasteiger partial charge is 0.268 e. The number of hydrogen-bond acceptors (Lipinski definition) is 3. The third kappa shape index (κ3) is 4.19. The molecule has 0 atom stereocenters. The molecule has 0 bridgehead atoms. The lowest BCUT2D eigenvalue weighted by molar-refractivity contribution is 0.283. The highest BCUT2D eigenvalue weighted by atomic mass is 32.2. The average Bonchev–Trinajstić information content (AvgIpc) is 2.79. The second kappa shape index (κ2) is 9.13. The molecule has 1 aromatic heterocycles. The second-order valence-electron chi connectivity index (χ2n) is 10.3. The molecule has 0 N–H and O–H groups in total. The van der Waals surface area contributed by atoms with E-state index in [1.807, 2.05) is 10.6 Å². The minimum absolute atomic E-state index is 0.0846. The van der Waals surface area contributed by atoms with Crippen LogP contribution in [-0.4, -0.2) is 15.3 Å². The first-order valence-corrected chi connectivity index (χ1v) is 13.4. The van der Waals surface area contributed by atoms with Crippen molar-refractivity contribution in [2.45, 2.75) is 76.3 Å². The number of nitrogens with zero attached hydrogens (tertiary/aromatic N) is 2. The van der Waals surface area contributed by atoms with Gasteiger partial charge in [-0.3, -0.25) is 9.36 Å². The summed E-state index contributed by atoms with van der Waals surface area (Å²) >= 11 is 1.72. The molecule has 3 nitrogen and oxygen atoms in total. The first-order chi connectivity index (χ1) is 16.0. The van der Waals surface area contributed by atoms with Crippen LogP contribution in [0.15, 0.2) is 58.5 Å². The van der Waals surface area contributed by atoms with E-state index in [0.29, 0.717) is 5.92 Å². The number of rotatable bonds is 5. The Kier molecular flexibility index (Phi) is 6.22. The fraction of sp³-hybridized carbons (Fsp3) is 0.448. The van der Waals surface area contributed by atoms with Crippen molar-refractivity contribution in [1.29, 1.82) is 0 Å². The lowest BCUT2D eigenvalue weighted by Crippen LogP contribution is -2.42. The molecule has 1 fully saturated rings. The first kappa shape index (κ1) is 22.5. The van der Waals surface area contributed by atoms with Crippen LogP contribution in [0, 0.1) is 12.8 Å². The summed E-state index contributed by atoms with van der Waals surface area (Å²) in [7, 11) is 0. The molecule has 5 rings (SSSR count). The maximum absolute atomic E-state index is 14.4. The lowest BCUT2D eigenvalue weighted by atomic mass is 9.62. The zero-order valence-corrected chi connectivity index (χ0v) is 20.9. The maximum Gasteiger partial charge on any atom is 0.263 e. The van der Waals surface area contributed by atoms with Crippen molar-refractivity contribution >= 4 is 11.8 Å². The van der Waals surface area contributed by atoms with Gasteiger partial charge in [0.25, 0.3) is 5.56 Å². The predicted octanol–water partition coefficient (Wildman–Crippen LogP) is 7.10. The third-order valence-corrected chi connectivity index (χ3v) is 8.35. The highest BCUT2D eigenvalue weighted by molar-refractivity contribution is 7.99. The number of fused-ring (bicyclic) bond motifs is 4. The van der Waals surface area contributed by atoms with E-state index in [0.717, 1.165) is 64.7 Å². The Morgan fingerprint density at radius 1 is 1.06 bits per heavy atom. The summed E-state index contributed by atoms with van der Waals surface area (Å²) in [5.74, 6) is 1.59. The minimum Gasteiger partial charge on any atom is -0.268 e. The van der Waals surface area contributed by atoms with Crippen LogP contribution in [0.1, 0.15) is 69.1 Å². The van der Waals surface area contributed by atoms with Gasteiger partial charge in [-0.1, -0.05) is 81.3 Å². The van der Waals surface area contributed by atoms with Crippen LogP contribution in [0.5, 0.6) is 0 Å². The Balaban J connectivity index is 1.77. The van der Waals surface area contributed by atoms with Crippen LogP contribution < -0.4 is 5.56 Å². The highest BCUT2D eigenvalue weighted by Gasteiger charge is 2.43.